The van der Waals surface area contributed by atoms with Crippen molar-refractivity contribution in [1.82, 2.24) is 18.8 Å². The number of rotatable bonds is 3. The minimum Gasteiger partial charge on any atom is -0.323 e. The number of benzene rings is 1. The molecule has 3 rings (SSSR count). The molecule has 1 saturated heterocycles. The molecule has 0 spiro atoms. The van der Waals surface area contributed by atoms with Gasteiger partial charge in [0.15, 0.2) is 0 Å². The Kier molecular flexibility index (Phi) is 5.51. The minimum atomic E-state index is -3.84. The van der Waals surface area contributed by atoms with Gasteiger partial charge < -0.3 is 5.32 Å². The number of nitrogens with one attached hydrogen (secondary N) is 2. The first kappa shape index (κ1) is 20.1. The highest BCUT2D eigenvalue weighted by molar-refractivity contribution is 7.87. The molecular formula is C16H19Cl2N5O3S. The Morgan fingerprint density at radius 1 is 1.33 bits per heavy atom. The molecule has 0 radical (unpaired) electrons. The summed E-state index contributed by atoms with van der Waals surface area (Å²) in [6.07, 6.45) is 2.00. The van der Waals surface area contributed by atoms with E-state index in [1.54, 1.807) is 37.0 Å². The van der Waals surface area contributed by atoms with Gasteiger partial charge in [0.2, 0.25) is 5.91 Å². The Labute approximate surface area is 167 Å². The number of likely N-dealkylation sites (N-methyl/N-ethyl adjacent to an activating group) is 1. The van der Waals surface area contributed by atoms with Crippen molar-refractivity contribution in [2.24, 2.45) is 7.05 Å². The molecule has 0 aliphatic carbocycles. The third kappa shape index (κ3) is 4.12. The van der Waals surface area contributed by atoms with Crippen LogP contribution in [0.3, 0.4) is 0 Å². The molecule has 2 aromatic rings. The molecule has 0 saturated carbocycles. The second kappa shape index (κ2) is 7.40. The molecule has 146 valence electrons. The van der Waals surface area contributed by atoms with Crippen molar-refractivity contribution in [3.63, 3.8) is 0 Å². The van der Waals surface area contributed by atoms with Crippen LogP contribution in [0.2, 0.25) is 10.0 Å². The van der Waals surface area contributed by atoms with Gasteiger partial charge in [0.05, 0.1) is 22.4 Å². The number of hydrogen-bond donors (Lipinski definition) is 2. The van der Waals surface area contributed by atoms with Crippen LogP contribution in [0, 0.1) is 6.92 Å². The molecular weight excluding hydrogens is 413 g/mol. The summed E-state index contributed by atoms with van der Waals surface area (Å²) in [5.41, 5.74) is 1.80. The van der Waals surface area contributed by atoms with E-state index in [2.05, 4.69) is 15.1 Å². The number of aryl methyl sites for hydroxylation is 2. The van der Waals surface area contributed by atoms with Gasteiger partial charge in [0.1, 0.15) is 6.04 Å². The van der Waals surface area contributed by atoms with Crippen molar-refractivity contribution in [3.05, 3.63) is 45.7 Å². The highest BCUT2D eigenvalue weighted by Gasteiger charge is 2.41. The molecule has 2 heterocycles. The summed E-state index contributed by atoms with van der Waals surface area (Å²) in [4.78, 5) is 12.8. The average molecular weight is 432 g/mol. The molecule has 0 bridgehead atoms. The minimum absolute atomic E-state index is 0.249. The Hall–Kier alpha value is -1.65. The predicted octanol–water partition coefficient (Wildman–Crippen LogP) is 2.25. The van der Waals surface area contributed by atoms with E-state index in [-0.39, 0.29) is 11.4 Å². The molecule has 1 amide bonds. The fraction of sp³-hybridized carbons (Fsp3) is 0.375. The van der Waals surface area contributed by atoms with Crippen LogP contribution in [0.25, 0.3) is 0 Å². The number of anilines is 1. The van der Waals surface area contributed by atoms with E-state index in [0.717, 1.165) is 9.87 Å². The van der Waals surface area contributed by atoms with Gasteiger partial charge in [-0.25, -0.2) is 0 Å². The lowest BCUT2D eigenvalue weighted by Crippen LogP contribution is -2.56. The lowest BCUT2D eigenvalue weighted by atomic mass is 10.00. The largest absolute Gasteiger partial charge is 0.323 e. The first-order valence-corrected chi connectivity index (χ1v) is 10.3. The van der Waals surface area contributed by atoms with E-state index < -0.39 is 28.2 Å². The van der Waals surface area contributed by atoms with Crippen LogP contribution < -0.4 is 10.0 Å². The van der Waals surface area contributed by atoms with Gasteiger partial charge in [-0.1, -0.05) is 23.2 Å². The third-order valence-corrected chi connectivity index (χ3v) is 6.63. The zero-order chi connectivity index (χ0) is 19.9. The fourth-order valence-electron chi connectivity index (χ4n) is 3.08. The molecule has 11 heteroatoms. The second-order valence-corrected chi connectivity index (χ2v) is 9.01. The summed E-state index contributed by atoms with van der Waals surface area (Å²) in [7, 11) is -0.718. The number of carbonyl (C=O) groups excluding carboxylic acids is 1. The van der Waals surface area contributed by atoms with Crippen LogP contribution in [0.5, 0.6) is 0 Å². The summed E-state index contributed by atoms with van der Waals surface area (Å²) in [6, 6.07) is 3.20. The monoisotopic (exact) mass is 431 g/mol. The van der Waals surface area contributed by atoms with E-state index in [9.17, 15) is 13.2 Å². The van der Waals surface area contributed by atoms with Gasteiger partial charge in [-0.05, 0) is 31.5 Å². The Morgan fingerprint density at radius 2 is 2.04 bits per heavy atom. The highest BCUT2D eigenvalue weighted by atomic mass is 35.5. The van der Waals surface area contributed by atoms with Crippen LogP contribution in [-0.4, -0.2) is 41.5 Å². The van der Waals surface area contributed by atoms with Crippen LogP contribution >= 0.6 is 23.2 Å². The molecule has 2 N–H and O–H groups in total. The van der Waals surface area contributed by atoms with Crippen molar-refractivity contribution in [3.8, 4) is 0 Å². The number of hydrogen-bond acceptors (Lipinski definition) is 4. The van der Waals surface area contributed by atoms with Crippen LogP contribution in [0.1, 0.15) is 23.7 Å². The van der Waals surface area contributed by atoms with E-state index in [1.165, 1.54) is 13.1 Å². The summed E-state index contributed by atoms with van der Waals surface area (Å²) >= 11 is 12.0. The SMILES string of the molecule is Cc1nn(C)cc1[C@H]1C[C@@H](C(=O)Nc2ccc(Cl)cc2Cl)N(C)S(=O)(=O)N1. The standard InChI is InChI=1S/C16H19Cl2N5O3S/c1-9-11(8-22(2)20-9)14-7-15(23(3)27(25,26)21-14)16(24)19-13-5-4-10(17)6-12(13)18/h4-6,8,14-15,21H,7H2,1-3H3,(H,19,24)/t14-,15+/m1/s1. The predicted molar refractivity (Wildman–Crippen MR) is 104 cm³/mol. The second-order valence-electron chi connectivity index (χ2n) is 6.40. The summed E-state index contributed by atoms with van der Waals surface area (Å²) < 4.78 is 30.3. The molecule has 0 unspecified atom stereocenters. The lowest BCUT2D eigenvalue weighted by molar-refractivity contribution is -0.120. The first-order valence-electron chi connectivity index (χ1n) is 8.10. The van der Waals surface area contributed by atoms with Gasteiger partial charge >= 0.3 is 0 Å². The zero-order valence-electron chi connectivity index (χ0n) is 14.9. The molecule has 27 heavy (non-hydrogen) atoms. The number of aromatic nitrogens is 2. The van der Waals surface area contributed by atoms with Crippen LogP contribution in [-0.2, 0) is 22.1 Å². The van der Waals surface area contributed by atoms with Gasteiger partial charge in [-0.2, -0.15) is 22.5 Å². The summed E-state index contributed by atoms with van der Waals surface area (Å²) in [5.74, 6) is -0.474. The van der Waals surface area contributed by atoms with Crippen LogP contribution in [0.4, 0.5) is 5.69 Å². The van der Waals surface area contributed by atoms with E-state index in [1.807, 2.05) is 0 Å². The lowest BCUT2D eigenvalue weighted by Gasteiger charge is -2.36. The number of carbonyl (C=O) groups is 1. The maximum Gasteiger partial charge on any atom is 0.280 e. The molecule has 1 aromatic heterocycles. The average Bonchev–Trinajstić information content (AvgIpc) is 2.91. The molecule has 8 nitrogen and oxygen atoms in total. The molecule has 1 fully saturated rings. The van der Waals surface area contributed by atoms with E-state index >= 15 is 0 Å². The summed E-state index contributed by atoms with van der Waals surface area (Å²) in [5, 5.41) is 7.64. The van der Waals surface area contributed by atoms with Crippen molar-refractivity contribution >= 4 is 45.0 Å². The maximum atomic E-state index is 12.8. The van der Waals surface area contributed by atoms with Crippen molar-refractivity contribution in [1.29, 1.82) is 0 Å². The van der Waals surface area contributed by atoms with Gasteiger partial charge in [-0.15, -0.1) is 0 Å². The summed E-state index contributed by atoms with van der Waals surface area (Å²) in [6.45, 7) is 1.80. The quantitative estimate of drug-likeness (QED) is 0.778. The Bertz CT molecular complexity index is 992. The molecule has 2 atom stereocenters. The van der Waals surface area contributed by atoms with Crippen molar-refractivity contribution in [2.75, 3.05) is 12.4 Å². The normalized spacial score (nSPS) is 22.6. The Morgan fingerprint density at radius 3 is 2.63 bits per heavy atom. The van der Waals surface area contributed by atoms with E-state index in [0.29, 0.717) is 16.4 Å². The van der Waals surface area contributed by atoms with E-state index in [4.69, 9.17) is 23.2 Å². The maximum absolute atomic E-state index is 12.8. The molecule has 1 aliphatic rings. The van der Waals surface area contributed by atoms with Gasteiger partial charge in [0.25, 0.3) is 10.2 Å². The molecule has 1 aromatic carbocycles. The zero-order valence-corrected chi connectivity index (χ0v) is 17.2. The highest BCUT2D eigenvalue weighted by Crippen LogP contribution is 2.31. The number of amides is 1. The smallest absolute Gasteiger partial charge is 0.280 e. The van der Waals surface area contributed by atoms with Crippen molar-refractivity contribution in [2.45, 2.75) is 25.4 Å². The topological polar surface area (TPSA) is 96.3 Å². The number of nitrogens with zero attached hydrogens (tertiary/aromatic N) is 3. The Balaban J connectivity index is 1.88. The molecule has 1 aliphatic heterocycles. The number of halogens is 2. The van der Waals surface area contributed by atoms with Crippen molar-refractivity contribution < 1.29 is 13.2 Å². The van der Waals surface area contributed by atoms with Crippen LogP contribution in [0.15, 0.2) is 24.4 Å². The third-order valence-electron chi connectivity index (χ3n) is 4.49. The van der Waals surface area contributed by atoms with Gasteiger partial charge in [-0.3, -0.25) is 9.48 Å². The fourth-order valence-corrected chi connectivity index (χ4v) is 4.80. The first-order chi connectivity index (χ1) is 12.6. The van der Waals surface area contributed by atoms with Gasteiger partial charge in [0, 0.05) is 30.9 Å².